The van der Waals surface area contributed by atoms with Crippen LogP contribution < -0.4 is 15.5 Å². The predicted molar refractivity (Wildman–Crippen MR) is 89.6 cm³/mol. The Labute approximate surface area is 126 Å². The van der Waals surface area contributed by atoms with Crippen molar-refractivity contribution >= 4 is 23.0 Å². The first-order valence-electron chi connectivity index (χ1n) is 7.31. The lowest BCUT2D eigenvalue weighted by Crippen LogP contribution is -2.21. The van der Waals surface area contributed by atoms with Crippen molar-refractivity contribution in [1.82, 2.24) is 9.97 Å². The molecule has 1 aromatic heterocycles. The van der Waals surface area contributed by atoms with Crippen molar-refractivity contribution in [2.24, 2.45) is 0 Å². The predicted octanol–water partition coefficient (Wildman–Crippen LogP) is 3.42. The summed E-state index contributed by atoms with van der Waals surface area (Å²) in [4.78, 5) is 10.8. The lowest BCUT2D eigenvalue weighted by atomic mass is 10.2. The minimum atomic E-state index is 0.824. The van der Waals surface area contributed by atoms with Crippen LogP contribution in [0.5, 0.6) is 0 Å². The first-order chi connectivity index (χ1) is 10.2. The molecule has 0 saturated carbocycles. The Hall–Kier alpha value is -2.30. The molecule has 0 saturated heterocycles. The second-order valence-corrected chi connectivity index (χ2v) is 4.79. The summed E-state index contributed by atoms with van der Waals surface area (Å²) >= 11 is 0. The molecule has 2 N–H and O–H groups in total. The van der Waals surface area contributed by atoms with Crippen molar-refractivity contribution in [3.63, 3.8) is 0 Å². The van der Waals surface area contributed by atoms with E-state index in [0.29, 0.717) is 0 Å². The third-order valence-corrected chi connectivity index (χ3v) is 3.58. The maximum atomic E-state index is 4.30. The zero-order valence-electron chi connectivity index (χ0n) is 13.1. The fourth-order valence-electron chi connectivity index (χ4n) is 2.31. The van der Waals surface area contributed by atoms with Gasteiger partial charge in [0.2, 0.25) is 0 Å². The summed E-state index contributed by atoms with van der Waals surface area (Å²) < 4.78 is 0. The molecule has 2 rings (SSSR count). The maximum absolute atomic E-state index is 4.30. The van der Waals surface area contributed by atoms with Crippen LogP contribution in [0.25, 0.3) is 0 Å². The first kappa shape index (κ1) is 15.1. The Morgan fingerprint density at radius 1 is 1.00 bits per heavy atom. The molecule has 0 atom stereocenters. The Bertz CT molecular complexity index is 576. The van der Waals surface area contributed by atoms with E-state index in [1.54, 1.807) is 6.33 Å². The maximum Gasteiger partial charge on any atom is 0.138 e. The summed E-state index contributed by atoms with van der Waals surface area (Å²) in [6, 6.07) is 8.41. The van der Waals surface area contributed by atoms with Crippen LogP contribution in [0.15, 0.2) is 30.6 Å². The van der Waals surface area contributed by atoms with Gasteiger partial charge in [-0.05, 0) is 45.0 Å². The van der Waals surface area contributed by atoms with Gasteiger partial charge in [-0.2, -0.15) is 0 Å². The average Bonchev–Trinajstić information content (AvgIpc) is 2.52. The van der Waals surface area contributed by atoms with Crippen LogP contribution in [0.3, 0.4) is 0 Å². The molecule has 0 unspecified atom stereocenters. The Morgan fingerprint density at radius 3 is 2.19 bits per heavy atom. The van der Waals surface area contributed by atoms with Crippen LogP contribution in [0.4, 0.5) is 23.0 Å². The second kappa shape index (κ2) is 6.92. The Morgan fingerprint density at radius 2 is 1.62 bits per heavy atom. The van der Waals surface area contributed by atoms with E-state index in [2.05, 4.69) is 63.6 Å². The number of rotatable bonds is 6. The topological polar surface area (TPSA) is 53.1 Å². The van der Waals surface area contributed by atoms with Crippen LogP contribution in [0.2, 0.25) is 0 Å². The number of nitrogens with one attached hydrogen (secondary N) is 2. The molecule has 2 aromatic rings. The minimum absolute atomic E-state index is 0.824. The minimum Gasteiger partial charge on any atom is -0.373 e. The van der Waals surface area contributed by atoms with Crippen molar-refractivity contribution in [2.75, 3.05) is 35.7 Å². The molecule has 0 spiro atoms. The summed E-state index contributed by atoms with van der Waals surface area (Å²) in [5, 5.41) is 6.40. The lowest BCUT2D eigenvalue weighted by Gasteiger charge is -2.21. The van der Waals surface area contributed by atoms with Crippen LogP contribution in [-0.2, 0) is 0 Å². The van der Waals surface area contributed by atoms with E-state index in [9.17, 15) is 0 Å². The summed E-state index contributed by atoms with van der Waals surface area (Å²) in [6.45, 7) is 8.36. The SMILES string of the molecule is CCN(CC)c1ccc(Nc2ncnc(NC)c2C)cc1. The summed E-state index contributed by atoms with van der Waals surface area (Å²) in [5.74, 6) is 1.66. The molecular weight excluding hydrogens is 262 g/mol. The van der Waals surface area contributed by atoms with E-state index < -0.39 is 0 Å². The fourth-order valence-corrected chi connectivity index (χ4v) is 2.31. The largest absolute Gasteiger partial charge is 0.373 e. The van der Waals surface area contributed by atoms with E-state index in [4.69, 9.17) is 0 Å². The molecule has 112 valence electrons. The van der Waals surface area contributed by atoms with Crippen molar-refractivity contribution in [2.45, 2.75) is 20.8 Å². The Kier molecular flexibility index (Phi) is 4.98. The number of anilines is 4. The molecule has 1 heterocycles. The quantitative estimate of drug-likeness (QED) is 0.851. The van der Waals surface area contributed by atoms with E-state index in [-0.39, 0.29) is 0 Å². The van der Waals surface area contributed by atoms with E-state index in [0.717, 1.165) is 36.0 Å². The number of nitrogens with zero attached hydrogens (tertiary/aromatic N) is 3. The Balaban J connectivity index is 2.17. The van der Waals surface area contributed by atoms with Gasteiger partial charge in [-0.25, -0.2) is 9.97 Å². The molecular formula is C16H23N5. The zero-order chi connectivity index (χ0) is 15.2. The molecule has 0 fully saturated rings. The van der Waals surface area contributed by atoms with Gasteiger partial charge in [0.25, 0.3) is 0 Å². The summed E-state index contributed by atoms with van der Waals surface area (Å²) in [6.07, 6.45) is 1.56. The van der Waals surface area contributed by atoms with Gasteiger partial charge in [-0.3, -0.25) is 0 Å². The summed E-state index contributed by atoms with van der Waals surface area (Å²) in [5.41, 5.74) is 3.27. The third kappa shape index (κ3) is 3.42. The van der Waals surface area contributed by atoms with Gasteiger partial charge in [-0.15, -0.1) is 0 Å². The normalized spacial score (nSPS) is 10.3. The monoisotopic (exact) mass is 285 g/mol. The average molecular weight is 285 g/mol. The molecule has 5 heteroatoms. The highest BCUT2D eigenvalue weighted by Gasteiger charge is 2.06. The van der Waals surface area contributed by atoms with E-state index in [1.807, 2.05) is 14.0 Å². The molecule has 0 aliphatic rings. The van der Waals surface area contributed by atoms with Crippen LogP contribution in [0, 0.1) is 6.92 Å². The highest BCUT2D eigenvalue weighted by Crippen LogP contribution is 2.24. The van der Waals surface area contributed by atoms with Gasteiger partial charge in [0.1, 0.15) is 18.0 Å². The second-order valence-electron chi connectivity index (χ2n) is 4.79. The van der Waals surface area contributed by atoms with Crippen molar-refractivity contribution in [1.29, 1.82) is 0 Å². The molecule has 0 aliphatic heterocycles. The smallest absolute Gasteiger partial charge is 0.138 e. The molecule has 0 radical (unpaired) electrons. The molecule has 5 nitrogen and oxygen atoms in total. The van der Waals surface area contributed by atoms with Crippen LogP contribution in [0.1, 0.15) is 19.4 Å². The van der Waals surface area contributed by atoms with Gasteiger partial charge in [0, 0.05) is 37.1 Å². The number of hydrogen-bond acceptors (Lipinski definition) is 5. The number of benzene rings is 1. The van der Waals surface area contributed by atoms with E-state index in [1.165, 1.54) is 5.69 Å². The fraction of sp³-hybridized carbons (Fsp3) is 0.375. The van der Waals surface area contributed by atoms with Gasteiger partial charge in [0.15, 0.2) is 0 Å². The molecule has 21 heavy (non-hydrogen) atoms. The van der Waals surface area contributed by atoms with Crippen LogP contribution >= 0.6 is 0 Å². The standard InChI is InChI=1S/C16H23N5/c1-5-21(6-2)14-9-7-13(8-10-14)20-16-12(3)15(17-4)18-11-19-16/h7-11H,5-6H2,1-4H3,(H2,17,18,19,20). The summed E-state index contributed by atoms with van der Waals surface area (Å²) in [7, 11) is 1.86. The highest BCUT2D eigenvalue weighted by atomic mass is 15.1. The van der Waals surface area contributed by atoms with E-state index >= 15 is 0 Å². The molecule has 1 aromatic carbocycles. The number of aromatic nitrogens is 2. The molecule has 0 aliphatic carbocycles. The first-order valence-corrected chi connectivity index (χ1v) is 7.31. The van der Waals surface area contributed by atoms with Gasteiger partial charge in [-0.1, -0.05) is 0 Å². The molecule has 0 bridgehead atoms. The third-order valence-electron chi connectivity index (χ3n) is 3.58. The highest BCUT2D eigenvalue weighted by molar-refractivity contribution is 5.65. The van der Waals surface area contributed by atoms with Crippen molar-refractivity contribution in [3.8, 4) is 0 Å². The van der Waals surface area contributed by atoms with Gasteiger partial charge in [0.05, 0.1) is 0 Å². The number of hydrogen-bond donors (Lipinski definition) is 2. The van der Waals surface area contributed by atoms with Gasteiger partial charge < -0.3 is 15.5 Å². The van der Waals surface area contributed by atoms with Crippen molar-refractivity contribution < 1.29 is 0 Å². The van der Waals surface area contributed by atoms with Gasteiger partial charge >= 0.3 is 0 Å². The van der Waals surface area contributed by atoms with Crippen molar-refractivity contribution in [3.05, 3.63) is 36.2 Å². The van der Waals surface area contributed by atoms with Crippen LogP contribution in [-0.4, -0.2) is 30.1 Å². The molecule has 0 amide bonds. The zero-order valence-corrected chi connectivity index (χ0v) is 13.1. The lowest BCUT2D eigenvalue weighted by molar-refractivity contribution is 0.866.